The van der Waals surface area contributed by atoms with Gasteiger partial charge in [-0.15, -0.1) is 0 Å². The normalized spacial score (nSPS) is 8.75. The fourth-order valence-corrected chi connectivity index (χ4v) is 1.17. The topological polar surface area (TPSA) is 65.4 Å². The van der Waals surface area contributed by atoms with Crippen molar-refractivity contribution in [1.82, 2.24) is 4.98 Å². The molecule has 2 aromatic rings. The highest BCUT2D eigenvalue weighted by Gasteiger charge is 2.06. The number of benzene rings is 1. The minimum absolute atomic E-state index is 0.141. The first-order valence-corrected chi connectivity index (χ1v) is 4.85. The van der Waals surface area contributed by atoms with Gasteiger partial charge in [-0.1, -0.05) is 12.1 Å². The van der Waals surface area contributed by atoms with Crippen molar-refractivity contribution >= 4 is 24.1 Å². The molecule has 0 saturated heterocycles. The van der Waals surface area contributed by atoms with Crippen molar-refractivity contribution in [1.29, 1.82) is 0 Å². The van der Waals surface area contributed by atoms with Crippen molar-refractivity contribution in [3.05, 3.63) is 54.4 Å². The Morgan fingerprint density at radius 1 is 1.19 bits per heavy atom. The van der Waals surface area contributed by atoms with Crippen molar-refractivity contribution in [2.24, 2.45) is 4.36 Å². The molecule has 0 aliphatic heterocycles. The summed E-state index contributed by atoms with van der Waals surface area (Å²) in [6.45, 7) is 0. The monoisotopic (exact) mass is 234 g/mol. The summed E-state index contributed by atoms with van der Waals surface area (Å²) in [5.41, 5.74) is 0.470. The number of hydrogen-bond donors (Lipinski definition) is 2. The van der Waals surface area contributed by atoms with Gasteiger partial charge >= 0.3 is 5.97 Å². The van der Waals surface area contributed by atoms with Crippen molar-refractivity contribution in [2.45, 2.75) is 0 Å². The van der Waals surface area contributed by atoms with E-state index in [2.05, 4.69) is 21.8 Å². The van der Waals surface area contributed by atoms with Gasteiger partial charge in [0.1, 0.15) is 0 Å². The SMILES string of the molecule is O=C(O)c1ccccc1N=S.c1cc[nH]c1. The lowest BCUT2D eigenvalue weighted by Crippen LogP contribution is -1.95. The lowest BCUT2D eigenvalue weighted by molar-refractivity contribution is 0.0698. The van der Waals surface area contributed by atoms with Crippen LogP contribution in [0.5, 0.6) is 0 Å². The van der Waals surface area contributed by atoms with Crippen LogP contribution in [0.3, 0.4) is 0 Å². The lowest BCUT2D eigenvalue weighted by Gasteiger charge is -1.95. The van der Waals surface area contributed by atoms with E-state index in [-0.39, 0.29) is 5.56 Å². The molecule has 4 nitrogen and oxygen atoms in total. The Morgan fingerprint density at radius 3 is 2.19 bits per heavy atom. The second-order valence-electron chi connectivity index (χ2n) is 2.80. The van der Waals surface area contributed by atoms with Crippen LogP contribution in [-0.4, -0.2) is 16.1 Å². The van der Waals surface area contributed by atoms with Crippen LogP contribution < -0.4 is 0 Å². The van der Waals surface area contributed by atoms with Crippen LogP contribution in [0.1, 0.15) is 10.4 Å². The van der Waals surface area contributed by atoms with E-state index in [0.29, 0.717) is 5.69 Å². The molecule has 0 fully saturated rings. The van der Waals surface area contributed by atoms with Crippen LogP contribution in [0.25, 0.3) is 0 Å². The zero-order valence-electron chi connectivity index (χ0n) is 8.33. The smallest absolute Gasteiger partial charge is 0.337 e. The summed E-state index contributed by atoms with van der Waals surface area (Å²) in [5.74, 6) is -1.01. The van der Waals surface area contributed by atoms with E-state index in [0.717, 1.165) is 0 Å². The zero-order valence-corrected chi connectivity index (χ0v) is 9.15. The molecular weight excluding hydrogens is 224 g/mol. The van der Waals surface area contributed by atoms with Crippen molar-refractivity contribution in [3.8, 4) is 0 Å². The van der Waals surface area contributed by atoms with E-state index in [1.165, 1.54) is 6.07 Å². The minimum atomic E-state index is -1.01. The van der Waals surface area contributed by atoms with Gasteiger partial charge in [0.15, 0.2) is 0 Å². The van der Waals surface area contributed by atoms with E-state index in [1.807, 2.05) is 24.5 Å². The maximum Gasteiger partial charge on any atom is 0.337 e. The molecule has 2 rings (SSSR count). The molecule has 0 unspecified atom stereocenters. The first-order valence-electron chi connectivity index (χ1n) is 4.49. The Bertz CT molecular complexity index is 438. The molecule has 0 bridgehead atoms. The van der Waals surface area contributed by atoms with E-state index < -0.39 is 5.97 Å². The first kappa shape index (κ1) is 12.1. The van der Waals surface area contributed by atoms with Crippen molar-refractivity contribution < 1.29 is 9.90 Å². The van der Waals surface area contributed by atoms with Crippen molar-refractivity contribution in [3.63, 3.8) is 0 Å². The molecule has 0 atom stereocenters. The molecule has 0 radical (unpaired) electrons. The molecule has 5 heteroatoms. The Balaban J connectivity index is 0.000000212. The van der Waals surface area contributed by atoms with E-state index in [4.69, 9.17) is 5.11 Å². The van der Waals surface area contributed by atoms with Crippen LogP contribution in [0.4, 0.5) is 5.69 Å². The van der Waals surface area contributed by atoms with Gasteiger partial charge < -0.3 is 10.1 Å². The summed E-state index contributed by atoms with van der Waals surface area (Å²) < 4.78 is 3.39. The second-order valence-corrected chi connectivity index (χ2v) is 2.98. The summed E-state index contributed by atoms with van der Waals surface area (Å²) >= 11 is 4.39. The highest BCUT2D eigenvalue weighted by molar-refractivity contribution is 7.47. The number of carbonyl (C=O) groups is 1. The Labute approximate surface area is 98.1 Å². The molecule has 82 valence electrons. The van der Waals surface area contributed by atoms with Gasteiger partial charge in [-0.25, -0.2) is 4.79 Å². The third-order valence-corrected chi connectivity index (χ3v) is 1.93. The molecule has 1 heterocycles. The fourth-order valence-electron chi connectivity index (χ4n) is 1.01. The summed E-state index contributed by atoms with van der Waals surface area (Å²) in [5, 5.41) is 8.59. The summed E-state index contributed by atoms with van der Waals surface area (Å²) in [6.07, 6.45) is 3.75. The van der Waals surface area contributed by atoms with Gasteiger partial charge in [-0.05, 0) is 24.3 Å². The van der Waals surface area contributed by atoms with Gasteiger partial charge in [0, 0.05) is 24.8 Å². The molecule has 0 aliphatic rings. The number of aromatic carboxylic acids is 1. The highest BCUT2D eigenvalue weighted by atomic mass is 32.1. The van der Waals surface area contributed by atoms with Crippen LogP contribution >= 0.6 is 0 Å². The number of hydrogen-bond acceptors (Lipinski definition) is 3. The summed E-state index contributed by atoms with van der Waals surface area (Å²) in [4.78, 5) is 13.3. The predicted molar refractivity (Wildman–Crippen MR) is 63.6 cm³/mol. The molecule has 1 aromatic carbocycles. The number of nitrogens with zero attached hydrogens (tertiary/aromatic N) is 1. The number of carboxylic acid groups (broad SMARTS) is 1. The third-order valence-electron chi connectivity index (χ3n) is 1.73. The molecule has 1 aromatic heterocycles. The van der Waals surface area contributed by atoms with E-state index in [1.54, 1.807) is 18.2 Å². The molecule has 0 spiro atoms. The maximum absolute atomic E-state index is 10.5. The predicted octanol–water partition coefficient (Wildman–Crippen LogP) is 2.76. The largest absolute Gasteiger partial charge is 0.478 e. The molecule has 16 heavy (non-hydrogen) atoms. The van der Waals surface area contributed by atoms with Crippen LogP contribution in [0.15, 0.2) is 53.2 Å². The van der Waals surface area contributed by atoms with E-state index >= 15 is 0 Å². The number of rotatable bonds is 2. The second kappa shape index (κ2) is 6.47. The summed E-state index contributed by atoms with van der Waals surface area (Å²) in [7, 11) is 0. The van der Waals surface area contributed by atoms with Gasteiger partial charge in [0.2, 0.25) is 0 Å². The number of H-pyrrole nitrogens is 1. The molecule has 0 aliphatic carbocycles. The molecule has 0 saturated carbocycles. The van der Waals surface area contributed by atoms with Gasteiger partial charge in [0.25, 0.3) is 0 Å². The third kappa shape index (κ3) is 3.62. The van der Waals surface area contributed by atoms with Crippen LogP contribution in [0, 0.1) is 0 Å². The Hall–Kier alpha value is -2.01. The zero-order chi connectivity index (χ0) is 11.8. The lowest BCUT2D eigenvalue weighted by atomic mass is 10.2. The fraction of sp³-hybridized carbons (Fsp3) is 0. The minimum Gasteiger partial charge on any atom is -0.478 e. The van der Waals surface area contributed by atoms with Gasteiger partial charge in [-0.2, -0.15) is 4.36 Å². The Morgan fingerprint density at radius 2 is 1.81 bits per heavy atom. The van der Waals surface area contributed by atoms with E-state index in [9.17, 15) is 4.79 Å². The maximum atomic E-state index is 10.5. The van der Waals surface area contributed by atoms with Gasteiger partial charge in [-0.3, -0.25) is 0 Å². The molecule has 0 amide bonds. The van der Waals surface area contributed by atoms with Crippen molar-refractivity contribution in [2.75, 3.05) is 0 Å². The molecular formula is C11H10N2O2S. The molecule has 2 N–H and O–H groups in total. The van der Waals surface area contributed by atoms with Crippen LogP contribution in [0.2, 0.25) is 0 Å². The quantitative estimate of drug-likeness (QED) is 0.839. The standard InChI is InChI=1S/C7H5NO2S.C4H5N/c9-7(10)5-3-1-2-4-6(5)8-11;1-2-4-5-3-1/h1-4H,(H,9,10);1-5H. The Kier molecular flexibility index (Phi) is 4.88. The average molecular weight is 234 g/mol. The average Bonchev–Trinajstić information content (AvgIpc) is 2.87. The van der Waals surface area contributed by atoms with Crippen LogP contribution in [-0.2, 0) is 12.4 Å². The summed E-state index contributed by atoms with van der Waals surface area (Å²) in [6, 6.07) is 10.2. The highest BCUT2D eigenvalue weighted by Crippen LogP contribution is 2.17. The number of aromatic amines is 1. The first-order chi connectivity index (χ1) is 7.75. The van der Waals surface area contributed by atoms with Gasteiger partial charge in [0.05, 0.1) is 11.3 Å². The number of carboxylic acids is 1. The number of nitrogens with one attached hydrogen (secondary N) is 1. The number of aromatic nitrogens is 1.